The van der Waals surface area contributed by atoms with E-state index in [0.29, 0.717) is 12.1 Å². The van der Waals surface area contributed by atoms with Crippen LogP contribution in [0.1, 0.15) is 33.6 Å². The molecular weight excluding hydrogens is 188 g/mol. The average molecular weight is 214 g/mol. The van der Waals surface area contributed by atoms with Gasteiger partial charge in [0.15, 0.2) is 0 Å². The van der Waals surface area contributed by atoms with Crippen LogP contribution in [0.15, 0.2) is 0 Å². The molecule has 0 aromatic rings. The molecule has 3 nitrogen and oxygen atoms in total. The van der Waals surface area contributed by atoms with E-state index in [9.17, 15) is 0 Å². The number of nitrogens with one attached hydrogen (secondary N) is 1. The number of rotatable bonds is 6. The van der Waals surface area contributed by atoms with E-state index in [0.717, 1.165) is 32.8 Å². The summed E-state index contributed by atoms with van der Waals surface area (Å²) >= 11 is 0. The molecule has 0 bridgehead atoms. The molecule has 2 unspecified atom stereocenters. The Bertz CT molecular complexity index is 164. The minimum Gasteiger partial charge on any atom is -0.376 e. The Kier molecular flexibility index (Phi) is 6.22. The highest BCUT2D eigenvalue weighted by molar-refractivity contribution is 4.78. The van der Waals surface area contributed by atoms with Crippen LogP contribution < -0.4 is 5.32 Å². The van der Waals surface area contributed by atoms with Gasteiger partial charge in [-0.1, -0.05) is 20.3 Å². The number of likely N-dealkylation sites (N-methyl/N-ethyl adjacent to an activating group) is 1. The maximum atomic E-state index is 5.58. The quantitative estimate of drug-likeness (QED) is 0.725. The van der Waals surface area contributed by atoms with Gasteiger partial charge in [-0.2, -0.15) is 0 Å². The molecule has 1 rings (SSSR count). The molecule has 2 atom stereocenters. The largest absolute Gasteiger partial charge is 0.376 e. The standard InChI is InChI=1S/C12H26N2O/c1-4-6-12(9-13-5-2)14-7-8-15-11(3)10-14/h11-13H,4-10H2,1-3H3. The predicted octanol–water partition coefficient (Wildman–Crippen LogP) is 1.49. The predicted molar refractivity (Wildman–Crippen MR) is 64.2 cm³/mol. The highest BCUT2D eigenvalue weighted by Gasteiger charge is 2.23. The maximum Gasteiger partial charge on any atom is 0.0674 e. The zero-order valence-corrected chi connectivity index (χ0v) is 10.5. The molecule has 0 aromatic carbocycles. The summed E-state index contributed by atoms with van der Waals surface area (Å²) in [7, 11) is 0. The number of hydrogen-bond donors (Lipinski definition) is 1. The summed E-state index contributed by atoms with van der Waals surface area (Å²) in [5.41, 5.74) is 0. The van der Waals surface area contributed by atoms with E-state index in [1.807, 2.05) is 0 Å². The molecular formula is C12H26N2O. The Morgan fingerprint density at radius 3 is 2.87 bits per heavy atom. The van der Waals surface area contributed by atoms with E-state index in [1.54, 1.807) is 0 Å². The van der Waals surface area contributed by atoms with Gasteiger partial charge in [-0.25, -0.2) is 0 Å². The Hall–Kier alpha value is -0.120. The van der Waals surface area contributed by atoms with Crippen molar-refractivity contribution in [3.63, 3.8) is 0 Å². The number of hydrogen-bond acceptors (Lipinski definition) is 3. The second kappa shape index (κ2) is 7.20. The van der Waals surface area contributed by atoms with Crippen LogP contribution in [0.4, 0.5) is 0 Å². The summed E-state index contributed by atoms with van der Waals surface area (Å²) in [5.74, 6) is 0. The normalized spacial score (nSPS) is 25.4. The zero-order valence-electron chi connectivity index (χ0n) is 10.5. The monoisotopic (exact) mass is 214 g/mol. The van der Waals surface area contributed by atoms with E-state index in [1.165, 1.54) is 12.8 Å². The fourth-order valence-corrected chi connectivity index (χ4v) is 2.23. The molecule has 1 aliphatic heterocycles. The van der Waals surface area contributed by atoms with Gasteiger partial charge in [-0.15, -0.1) is 0 Å². The lowest BCUT2D eigenvalue weighted by Crippen LogP contribution is -2.50. The van der Waals surface area contributed by atoms with Crippen LogP contribution in [0.25, 0.3) is 0 Å². The van der Waals surface area contributed by atoms with Crippen molar-refractivity contribution in [1.82, 2.24) is 10.2 Å². The third-order valence-electron chi connectivity index (χ3n) is 3.04. The highest BCUT2D eigenvalue weighted by Crippen LogP contribution is 2.12. The van der Waals surface area contributed by atoms with Gasteiger partial charge in [0.1, 0.15) is 0 Å². The summed E-state index contributed by atoms with van der Waals surface area (Å²) in [5, 5.41) is 3.46. The Balaban J connectivity index is 2.38. The summed E-state index contributed by atoms with van der Waals surface area (Å²) in [6.07, 6.45) is 2.96. The molecule has 0 radical (unpaired) electrons. The van der Waals surface area contributed by atoms with Crippen molar-refractivity contribution in [1.29, 1.82) is 0 Å². The minimum absolute atomic E-state index is 0.403. The van der Waals surface area contributed by atoms with Crippen molar-refractivity contribution >= 4 is 0 Å². The molecule has 0 spiro atoms. The third-order valence-corrected chi connectivity index (χ3v) is 3.04. The Morgan fingerprint density at radius 2 is 2.27 bits per heavy atom. The van der Waals surface area contributed by atoms with E-state index in [2.05, 4.69) is 31.0 Å². The molecule has 0 aromatic heterocycles. The van der Waals surface area contributed by atoms with Crippen molar-refractivity contribution in [2.75, 3.05) is 32.8 Å². The van der Waals surface area contributed by atoms with Crippen LogP contribution in [0.2, 0.25) is 0 Å². The molecule has 0 saturated carbocycles. The van der Waals surface area contributed by atoms with Crippen molar-refractivity contribution in [2.45, 2.75) is 45.8 Å². The maximum absolute atomic E-state index is 5.58. The van der Waals surface area contributed by atoms with E-state index in [4.69, 9.17) is 4.74 Å². The van der Waals surface area contributed by atoms with Crippen LogP contribution in [0, 0.1) is 0 Å². The van der Waals surface area contributed by atoms with Gasteiger partial charge in [0.2, 0.25) is 0 Å². The summed E-state index contributed by atoms with van der Waals surface area (Å²) in [6.45, 7) is 11.9. The van der Waals surface area contributed by atoms with Crippen LogP contribution in [-0.4, -0.2) is 49.8 Å². The van der Waals surface area contributed by atoms with Crippen molar-refractivity contribution in [2.24, 2.45) is 0 Å². The molecule has 1 N–H and O–H groups in total. The number of nitrogens with zero attached hydrogens (tertiary/aromatic N) is 1. The lowest BCUT2D eigenvalue weighted by molar-refractivity contribution is -0.0350. The fourth-order valence-electron chi connectivity index (χ4n) is 2.23. The lowest BCUT2D eigenvalue weighted by atomic mass is 10.1. The van der Waals surface area contributed by atoms with Gasteiger partial charge < -0.3 is 10.1 Å². The molecule has 0 aliphatic carbocycles. The molecule has 1 saturated heterocycles. The van der Waals surface area contributed by atoms with E-state index >= 15 is 0 Å². The number of morpholine rings is 1. The summed E-state index contributed by atoms with van der Waals surface area (Å²) in [6, 6.07) is 0.696. The Morgan fingerprint density at radius 1 is 1.47 bits per heavy atom. The average Bonchev–Trinajstić information content (AvgIpc) is 2.24. The molecule has 1 fully saturated rings. The molecule has 90 valence electrons. The Labute approximate surface area is 94.2 Å². The van der Waals surface area contributed by atoms with Crippen molar-refractivity contribution in [3.8, 4) is 0 Å². The van der Waals surface area contributed by atoms with Gasteiger partial charge in [-0.3, -0.25) is 4.90 Å². The SMILES string of the molecule is CCCC(CNCC)N1CCOC(C)C1. The first-order chi connectivity index (χ1) is 7.27. The fraction of sp³-hybridized carbons (Fsp3) is 1.00. The smallest absolute Gasteiger partial charge is 0.0674 e. The van der Waals surface area contributed by atoms with Gasteiger partial charge in [0, 0.05) is 25.7 Å². The lowest BCUT2D eigenvalue weighted by Gasteiger charge is -2.37. The van der Waals surface area contributed by atoms with Crippen LogP contribution >= 0.6 is 0 Å². The summed E-state index contributed by atoms with van der Waals surface area (Å²) in [4.78, 5) is 2.58. The van der Waals surface area contributed by atoms with E-state index in [-0.39, 0.29) is 0 Å². The van der Waals surface area contributed by atoms with Crippen molar-refractivity contribution in [3.05, 3.63) is 0 Å². The topological polar surface area (TPSA) is 24.5 Å². The minimum atomic E-state index is 0.403. The third kappa shape index (κ3) is 4.49. The molecule has 15 heavy (non-hydrogen) atoms. The molecule has 3 heteroatoms. The molecule has 1 heterocycles. The molecule has 1 aliphatic rings. The van der Waals surface area contributed by atoms with Crippen LogP contribution in [0.5, 0.6) is 0 Å². The summed E-state index contributed by atoms with van der Waals surface area (Å²) < 4.78 is 5.58. The zero-order chi connectivity index (χ0) is 11.1. The first kappa shape index (κ1) is 12.9. The van der Waals surface area contributed by atoms with Gasteiger partial charge >= 0.3 is 0 Å². The molecule has 0 amide bonds. The van der Waals surface area contributed by atoms with Crippen LogP contribution in [-0.2, 0) is 4.74 Å². The van der Waals surface area contributed by atoms with Gasteiger partial charge in [-0.05, 0) is 19.9 Å². The van der Waals surface area contributed by atoms with E-state index < -0.39 is 0 Å². The van der Waals surface area contributed by atoms with Crippen LogP contribution in [0.3, 0.4) is 0 Å². The second-order valence-electron chi connectivity index (χ2n) is 4.43. The first-order valence-electron chi connectivity index (χ1n) is 6.34. The number of ether oxygens (including phenoxy) is 1. The van der Waals surface area contributed by atoms with Gasteiger partial charge in [0.05, 0.1) is 12.7 Å². The highest BCUT2D eigenvalue weighted by atomic mass is 16.5. The van der Waals surface area contributed by atoms with Crippen molar-refractivity contribution < 1.29 is 4.74 Å². The second-order valence-corrected chi connectivity index (χ2v) is 4.43. The van der Waals surface area contributed by atoms with Gasteiger partial charge in [0.25, 0.3) is 0 Å². The first-order valence-corrected chi connectivity index (χ1v) is 6.34.